The van der Waals surface area contributed by atoms with E-state index in [1.165, 1.54) is 28.0 Å². The van der Waals surface area contributed by atoms with E-state index in [9.17, 15) is 22.8 Å². The molecule has 3 aromatic carbocycles. The van der Waals surface area contributed by atoms with E-state index < -0.39 is 11.7 Å². The molecular formula is C26H19F3N6O2S2. The minimum absolute atomic E-state index is 0.0939. The topological polar surface area (TPSA) is 102 Å². The van der Waals surface area contributed by atoms with Crippen LogP contribution in [0.1, 0.15) is 21.7 Å². The first kappa shape index (κ1) is 26.4. The van der Waals surface area contributed by atoms with Crippen LogP contribution < -0.4 is 10.6 Å². The zero-order chi connectivity index (χ0) is 27.4. The van der Waals surface area contributed by atoms with Crippen LogP contribution in [0.3, 0.4) is 0 Å². The lowest BCUT2D eigenvalue weighted by Crippen LogP contribution is -2.24. The number of halogens is 3. The zero-order valence-electron chi connectivity index (χ0n) is 20.0. The van der Waals surface area contributed by atoms with E-state index in [0.717, 1.165) is 34.1 Å². The van der Waals surface area contributed by atoms with Crippen LogP contribution in [0.2, 0.25) is 0 Å². The Bertz CT molecular complexity index is 1600. The Morgan fingerprint density at radius 3 is 2.49 bits per heavy atom. The second-order valence-electron chi connectivity index (χ2n) is 8.15. The van der Waals surface area contributed by atoms with Crippen LogP contribution in [0.15, 0.2) is 84.0 Å². The van der Waals surface area contributed by atoms with Gasteiger partial charge in [0.15, 0.2) is 16.1 Å². The van der Waals surface area contributed by atoms with Crippen LogP contribution in [0.25, 0.3) is 15.9 Å². The lowest BCUT2D eigenvalue weighted by atomic mass is 10.2. The molecule has 0 unspecified atom stereocenters. The first-order valence-electron chi connectivity index (χ1n) is 11.5. The SMILES string of the molecule is O=C(CSc1nnc(CNC(=O)c2ccccc2)n1-c1cccc(C(F)(F)F)c1)Nc1nc2ccccc2s1. The molecule has 0 saturated heterocycles. The lowest BCUT2D eigenvalue weighted by molar-refractivity contribution is -0.137. The molecule has 198 valence electrons. The number of amides is 2. The van der Waals surface area contributed by atoms with Gasteiger partial charge in [-0.2, -0.15) is 13.2 Å². The molecule has 2 amide bonds. The summed E-state index contributed by atoms with van der Waals surface area (Å²) in [6.45, 7) is -0.102. The number of thiazole rings is 1. The third-order valence-electron chi connectivity index (χ3n) is 5.45. The molecule has 2 aromatic heterocycles. The Labute approximate surface area is 228 Å². The molecule has 39 heavy (non-hydrogen) atoms. The number of carbonyl (C=O) groups is 2. The monoisotopic (exact) mass is 568 g/mol. The molecule has 13 heteroatoms. The van der Waals surface area contributed by atoms with Crippen molar-refractivity contribution in [2.75, 3.05) is 11.1 Å². The van der Waals surface area contributed by atoms with Crippen molar-refractivity contribution in [3.05, 3.63) is 95.8 Å². The Kier molecular flexibility index (Phi) is 7.61. The molecule has 0 spiro atoms. The number of aromatic nitrogens is 4. The maximum absolute atomic E-state index is 13.4. The summed E-state index contributed by atoms with van der Waals surface area (Å²) in [7, 11) is 0. The average Bonchev–Trinajstić information content (AvgIpc) is 3.54. The molecule has 0 fully saturated rings. The summed E-state index contributed by atoms with van der Waals surface area (Å²) in [4.78, 5) is 29.6. The summed E-state index contributed by atoms with van der Waals surface area (Å²) in [5.41, 5.74) is 0.478. The molecule has 8 nitrogen and oxygen atoms in total. The summed E-state index contributed by atoms with van der Waals surface area (Å²) < 4.78 is 42.6. The average molecular weight is 569 g/mol. The number of nitrogens with zero attached hydrogens (tertiary/aromatic N) is 4. The van der Waals surface area contributed by atoms with Gasteiger partial charge < -0.3 is 10.6 Å². The number of nitrogens with one attached hydrogen (secondary N) is 2. The van der Waals surface area contributed by atoms with Crippen LogP contribution >= 0.6 is 23.1 Å². The van der Waals surface area contributed by atoms with Gasteiger partial charge in [0.2, 0.25) is 5.91 Å². The van der Waals surface area contributed by atoms with Gasteiger partial charge >= 0.3 is 6.18 Å². The molecular weight excluding hydrogens is 549 g/mol. The number of carbonyl (C=O) groups excluding carboxylic acids is 2. The van der Waals surface area contributed by atoms with Crippen molar-refractivity contribution in [2.24, 2.45) is 0 Å². The van der Waals surface area contributed by atoms with Gasteiger partial charge in [0.25, 0.3) is 5.91 Å². The maximum Gasteiger partial charge on any atom is 0.416 e. The first-order chi connectivity index (χ1) is 18.8. The number of anilines is 1. The van der Waals surface area contributed by atoms with Crippen molar-refractivity contribution in [2.45, 2.75) is 17.9 Å². The minimum Gasteiger partial charge on any atom is -0.345 e. The quantitative estimate of drug-likeness (QED) is 0.238. The number of thioether (sulfide) groups is 1. The van der Waals surface area contributed by atoms with Crippen molar-refractivity contribution in [3.63, 3.8) is 0 Å². The Hall–Kier alpha value is -4.23. The van der Waals surface area contributed by atoms with E-state index in [4.69, 9.17) is 0 Å². The molecule has 0 aliphatic heterocycles. The first-order valence-corrected chi connectivity index (χ1v) is 13.3. The van der Waals surface area contributed by atoms with Gasteiger partial charge in [0, 0.05) is 5.56 Å². The van der Waals surface area contributed by atoms with Gasteiger partial charge in [-0.05, 0) is 42.5 Å². The number of hydrogen-bond acceptors (Lipinski definition) is 7. The molecule has 5 aromatic rings. The van der Waals surface area contributed by atoms with Crippen LogP contribution in [0, 0.1) is 0 Å². The van der Waals surface area contributed by atoms with Crippen LogP contribution in [-0.2, 0) is 17.5 Å². The van der Waals surface area contributed by atoms with E-state index in [1.54, 1.807) is 30.3 Å². The fourth-order valence-corrected chi connectivity index (χ4v) is 5.30. The number of para-hydroxylation sites is 1. The van der Waals surface area contributed by atoms with Crippen molar-refractivity contribution in [1.82, 2.24) is 25.1 Å². The van der Waals surface area contributed by atoms with E-state index >= 15 is 0 Å². The molecule has 0 radical (unpaired) electrons. The summed E-state index contributed by atoms with van der Waals surface area (Å²) >= 11 is 2.33. The Balaban J connectivity index is 1.36. The Morgan fingerprint density at radius 1 is 0.949 bits per heavy atom. The third-order valence-corrected chi connectivity index (χ3v) is 7.33. The number of alkyl halides is 3. The molecule has 0 saturated carbocycles. The normalized spacial score (nSPS) is 11.5. The van der Waals surface area contributed by atoms with Crippen LogP contribution in [0.5, 0.6) is 0 Å². The number of benzene rings is 3. The molecule has 5 rings (SSSR count). The Morgan fingerprint density at radius 2 is 1.72 bits per heavy atom. The molecule has 0 aliphatic carbocycles. The number of fused-ring (bicyclic) bond motifs is 1. The fourth-order valence-electron chi connectivity index (χ4n) is 3.65. The standard InChI is InChI=1S/C26H19F3N6O2S2/c27-26(28,29)17-9-6-10-18(13-17)35-21(14-30-23(37)16-7-2-1-3-8-16)33-34-25(35)38-15-22(36)32-24-31-19-11-4-5-12-20(19)39-24/h1-13H,14-15H2,(H,30,37)(H,31,32,36). The number of rotatable bonds is 8. The fraction of sp³-hybridized carbons (Fsp3) is 0.115. The molecule has 0 bridgehead atoms. The predicted molar refractivity (Wildman–Crippen MR) is 143 cm³/mol. The van der Waals surface area contributed by atoms with E-state index in [2.05, 4.69) is 25.8 Å². The molecule has 2 heterocycles. The zero-order valence-corrected chi connectivity index (χ0v) is 21.6. The van der Waals surface area contributed by atoms with Crippen LogP contribution in [0.4, 0.5) is 18.3 Å². The highest BCUT2D eigenvalue weighted by atomic mass is 32.2. The van der Waals surface area contributed by atoms with E-state index in [1.807, 2.05) is 24.3 Å². The second kappa shape index (κ2) is 11.3. The highest BCUT2D eigenvalue weighted by Crippen LogP contribution is 2.32. The van der Waals surface area contributed by atoms with Crippen molar-refractivity contribution < 1.29 is 22.8 Å². The summed E-state index contributed by atoms with van der Waals surface area (Å²) in [5.74, 6) is -0.633. The van der Waals surface area contributed by atoms with Gasteiger partial charge in [-0.25, -0.2) is 4.98 Å². The highest BCUT2D eigenvalue weighted by molar-refractivity contribution is 7.99. The van der Waals surface area contributed by atoms with Gasteiger partial charge in [-0.15, -0.1) is 10.2 Å². The second-order valence-corrected chi connectivity index (χ2v) is 10.1. The number of hydrogen-bond donors (Lipinski definition) is 2. The van der Waals surface area contributed by atoms with Gasteiger partial charge in [0.1, 0.15) is 0 Å². The van der Waals surface area contributed by atoms with Crippen molar-refractivity contribution >= 4 is 50.3 Å². The molecule has 0 atom stereocenters. The lowest BCUT2D eigenvalue weighted by Gasteiger charge is -2.13. The van der Waals surface area contributed by atoms with Gasteiger partial charge in [0.05, 0.1) is 33.8 Å². The molecule has 2 N–H and O–H groups in total. The van der Waals surface area contributed by atoms with Gasteiger partial charge in [-0.3, -0.25) is 14.2 Å². The smallest absolute Gasteiger partial charge is 0.345 e. The maximum atomic E-state index is 13.4. The summed E-state index contributed by atoms with van der Waals surface area (Å²) in [6, 6.07) is 20.6. The van der Waals surface area contributed by atoms with Gasteiger partial charge in [-0.1, -0.05) is 59.5 Å². The highest BCUT2D eigenvalue weighted by Gasteiger charge is 2.31. The van der Waals surface area contributed by atoms with Crippen molar-refractivity contribution in [1.29, 1.82) is 0 Å². The van der Waals surface area contributed by atoms with E-state index in [0.29, 0.717) is 10.7 Å². The largest absolute Gasteiger partial charge is 0.416 e. The minimum atomic E-state index is -4.56. The van der Waals surface area contributed by atoms with Crippen LogP contribution in [-0.4, -0.2) is 37.3 Å². The summed E-state index contributed by atoms with van der Waals surface area (Å²) in [5, 5.41) is 14.3. The summed E-state index contributed by atoms with van der Waals surface area (Å²) in [6.07, 6.45) is -4.56. The predicted octanol–water partition coefficient (Wildman–Crippen LogP) is 5.56. The third kappa shape index (κ3) is 6.26. The van der Waals surface area contributed by atoms with E-state index in [-0.39, 0.29) is 40.8 Å². The van der Waals surface area contributed by atoms with Crippen molar-refractivity contribution in [3.8, 4) is 5.69 Å². The molecule has 0 aliphatic rings.